The number of hydrogen-bond acceptors (Lipinski definition) is 6. The average Bonchev–Trinajstić information content (AvgIpc) is 2.97. The number of allylic oxidation sites excluding steroid dienone is 4. The van der Waals surface area contributed by atoms with Crippen LogP contribution in [-0.2, 0) is 4.74 Å². The topological polar surface area (TPSA) is 73.6 Å². The van der Waals surface area contributed by atoms with Gasteiger partial charge in [0.1, 0.15) is 5.69 Å². The smallest absolute Gasteiger partial charge is 0.237 e. The Morgan fingerprint density at radius 2 is 1.82 bits per heavy atom. The number of nitrogens with zero attached hydrogens (tertiary/aromatic N) is 4. The Labute approximate surface area is 236 Å². The normalized spacial score (nSPS) is 20.1. The van der Waals surface area contributed by atoms with E-state index in [0.29, 0.717) is 12.0 Å². The van der Waals surface area contributed by atoms with Gasteiger partial charge in [0.25, 0.3) is 0 Å². The van der Waals surface area contributed by atoms with E-state index in [2.05, 4.69) is 73.3 Å². The quantitative estimate of drug-likeness (QED) is 0.245. The molecule has 1 saturated carbocycles. The molecular weight excluding hydrogens is 554 g/mol. The fraction of sp³-hybridized carbons (Fsp3) is 0.323. The van der Waals surface area contributed by atoms with Gasteiger partial charge in [-0.3, -0.25) is 4.99 Å². The zero-order chi connectivity index (χ0) is 26.8. The number of pyridine rings is 1. The summed E-state index contributed by atoms with van der Waals surface area (Å²) in [5.74, 6) is 0.537. The van der Waals surface area contributed by atoms with Crippen molar-refractivity contribution in [3.05, 3.63) is 76.7 Å². The minimum Gasteiger partial charge on any atom is -0.480 e. The molecule has 1 aromatic carbocycles. The summed E-state index contributed by atoms with van der Waals surface area (Å²) in [5, 5.41) is 4.47. The standard InChI is InChI=1S/C31H32BrN5O2/c1-38-23-15-11-21(12-16-23)34-27-19-30-28(18-26(27)36-25-7-5-17-33-31(25)39-2)35-24-6-3-4-8-29(24)37(30)22-13-9-20(32)10-14-22/h3-9,13,17-19,21,23,36H,10-12,14-16H2,1-2H3. The van der Waals surface area contributed by atoms with Crippen LogP contribution in [0.15, 0.2) is 76.4 Å². The first kappa shape index (κ1) is 25.8. The molecular formula is C31H32BrN5O2. The SMILES string of the molecule is COc1ncccc1Nc1cc2nc3ccccc3n(C3=CC=C(Br)CC3)c-2cc1=NC1CCC(OC)CC1. The lowest BCUT2D eigenvalue weighted by atomic mass is 9.93. The molecule has 1 aromatic heterocycles. The molecule has 0 bridgehead atoms. The van der Waals surface area contributed by atoms with Crippen LogP contribution >= 0.6 is 15.9 Å². The molecule has 1 aliphatic heterocycles. The van der Waals surface area contributed by atoms with Gasteiger partial charge in [-0.15, -0.1) is 0 Å². The summed E-state index contributed by atoms with van der Waals surface area (Å²) in [6.07, 6.45) is 12.4. The van der Waals surface area contributed by atoms with E-state index in [9.17, 15) is 0 Å². The van der Waals surface area contributed by atoms with Crippen LogP contribution in [0.4, 0.5) is 11.4 Å². The van der Waals surface area contributed by atoms with Gasteiger partial charge in [-0.25, -0.2) is 9.97 Å². The molecule has 1 N–H and O–H groups in total. The molecule has 2 aromatic rings. The lowest BCUT2D eigenvalue weighted by Crippen LogP contribution is -2.25. The van der Waals surface area contributed by atoms with E-state index in [1.165, 1.54) is 10.2 Å². The minimum atomic E-state index is 0.236. The fourth-order valence-electron chi connectivity index (χ4n) is 5.55. The molecule has 4 aliphatic rings. The number of halogens is 1. The zero-order valence-electron chi connectivity index (χ0n) is 22.2. The van der Waals surface area contributed by atoms with E-state index < -0.39 is 0 Å². The number of methoxy groups -OCH3 is 2. The Hall–Kier alpha value is -3.49. The van der Waals surface area contributed by atoms with Crippen molar-refractivity contribution < 1.29 is 9.47 Å². The van der Waals surface area contributed by atoms with Gasteiger partial charge in [-0.2, -0.15) is 0 Å². The Balaban J connectivity index is 1.57. The van der Waals surface area contributed by atoms with Crippen LogP contribution in [0.25, 0.3) is 28.1 Å². The number of rotatable bonds is 6. The lowest BCUT2D eigenvalue weighted by Gasteiger charge is -2.26. The number of anilines is 2. The number of para-hydroxylation sites is 2. The summed E-state index contributed by atoms with van der Waals surface area (Å²) < 4.78 is 14.7. The molecule has 8 heteroatoms. The van der Waals surface area contributed by atoms with Crippen molar-refractivity contribution in [2.45, 2.75) is 50.7 Å². The maximum Gasteiger partial charge on any atom is 0.237 e. The van der Waals surface area contributed by atoms with Crippen molar-refractivity contribution in [2.75, 3.05) is 19.5 Å². The van der Waals surface area contributed by atoms with E-state index in [-0.39, 0.29) is 6.04 Å². The molecule has 0 amide bonds. The Bertz CT molecular complexity index is 1600. The summed E-state index contributed by atoms with van der Waals surface area (Å²) in [6, 6.07) is 16.7. The van der Waals surface area contributed by atoms with Crippen LogP contribution in [0.1, 0.15) is 38.5 Å². The minimum absolute atomic E-state index is 0.236. The molecule has 0 unspecified atom stereocenters. The summed E-state index contributed by atoms with van der Waals surface area (Å²) in [6.45, 7) is 0. The van der Waals surface area contributed by atoms with Crippen molar-refractivity contribution in [3.8, 4) is 17.3 Å². The highest BCUT2D eigenvalue weighted by atomic mass is 79.9. The first-order chi connectivity index (χ1) is 19.1. The highest BCUT2D eigenvalue weighted by Crippen LogP contribution is 2.35. The highest BCUT2D eigenvalue weighted by Gasteiger charge is 2.22. The van der Waals surface area contributed by atoms with Gasteiger partial charge in [0, 0.05) is 19.0 Å². The number of hydrogen-bond donors (Lipinski definition) is 1. The van der Waals surface area contributed by atoms with Crippen molar-refractivity contribution in [1.82, 2.24) is 14.5 Å². The van der Waals surface area contributed by atoms with Crippen LogP contribution in [0, 0.1) is 0 Å². The third-order valence-corrected chi connectivity index (χ3v) is 8.25. The van der Waals surface area contributed by atoms with Crippen LogP contribution in [0.2, 0.25) is 0 Å². The molecule has 1 fully saturated rings. The van der Waals surface area contributed by atoms with Crippen molar-refractivity contribution in [1.29, 1.82) is 0 Å². The number of fused-ring (bicyclic) bond motifs is 2. The van der Waals surface area contributed by atoms with Crippen LogP contribution < -0.4 is 15.4 Å². The van der Waals surface area contributed by atoms with Crippen molar-refractivity contribution >= 4 is 44.0 Å². The van der Waals surface area contributed by atoms with Crippen molar-refractivity contribution in [2.24, 2.45) is 4.99 Å². The summed E-state index contributed by atoms with van der Waals surface area (Å²) in [7, 11) is 3.44. The number of aromatic nitrogens is 3. The summed E-state index contributed by atoms with van der Waals surface area (Å²) in [5.41, 5.74) is 6.89. The maximum absolute atomic E-state index is 5.61. The molecule has 3 aliphatic carbocycles. The predicted molar refractivity (Wildman–Crippen MR) is 160 cm³/mol. The van der Waals surface area contributed by atoms with E-state index in [0.717, 1.165) is 77.7 Å². The Morgan fingerprint density at radius 3 is 2.59 bits per heavy atom. The molecule has 2 heterocycles. The molecule has 0 saturated heterocycles. The molecule has 7 nitrogen and oxygen atoms in total. The van der Waals surface area contributed by atoms with Gasteiger partial charge in [0.05, 0.1) is 52.7 Å². The highest BCUT2D eigenvalue weighted by molar-refractivity contribution is 9.11. The van der Waals surface area contributed by atoms with Gasteiger partial charge >= 0.3 is 0 Å². The second-order valence-corrected chi connectivity index (χ2v) is 11.1. The third-order valence-electron chi connectivity index (χ3n) is 7.59. The van der Waals surface area contributed by atoms with Gasteiger partial charge in [-0.05, 0) is 85.5 Å². The molecule has 0 spiro atoms. The largest absolute Gasteiger partial charge is 0.480 e. The lowest BCUT2D eigenvalue weighted by molar-refractivity contribution is 0.0663. The molecule has 200 valence electrons. The van der Waals surface area contributed by atoms with Crippen molar-refractivity contribution in [3.63, 3.8) is 0 Å². The first-order valence-electron chi connectivity index (χ1n) is 13.5. The zero-order valence-corrected chi connectivity index (χ0v) is 23.8. The van der Waals surface area contributed by atoms with E-state index in [1.807, 2.05) is 18.2 Å². The van der Waals surface area contributed by atoms with E-state index in [4.69, 9.17) is 19.5 Å². The molecule has 6 rings (SSSR count). The molecule has 0 atom stereocenters. The monoisotopic (exact) mass is 585 g/mol. The van der Waals surface area contributed by atoms with Crippen LogP contribution in [-0.4, -0.2) is 40.9 Å². The van der Waals surface area contributed by atoms with Gasteiger partial charge < -0.3 is 19.4 Å². The number of benzene rings is 2. The molecule has 0 radical (unpaired) electrons. The number of nitrogens with one attached hydrogen (secondary N) is 1. The van der Waals surface area contributed by atoms with Gasteiger partial charge in [-0.1, -0.05) is 34.1 Å². The van der Waals surface area contributed by atoms with Gasteiger partial charge in [0.2, 0.25) is 5.88 Å². The van der Waals surface area contributed by atoms with Gasteiger partial charge in [0.15, 0.2) is 0 Å². The number of ether oxygens (including phenoxy) is 2. The second kappa shape index (κ2) is 11.3. The fourth-order valence-corrected chi connectivity index (χ4v) is 5.88. The van der Waals surface area contributed by atoms with E-state index in [1.54, 1.807) is 20.4 Å². The summed E-state index contributed by atoms with van der Waals surface area (Å²) >= 11 is 3.66. The third kappa shape index (κ3) is 5.36. The van der Waals surface area contributed by atoms with Crippen LogP contribution in [0.5, 0.6) is 5.88 Å². The second-order valence-electron chi connectivity index (χ2n) is 10.0. The maximum atomic E-state index is 5.61. The van der Waals surface area contributed by atoms with Crippen LogP contribution in [0.3, 0.4) is 0 Å². The average molecular weight is 587 g/mol. The molecule has 39 heavy (non-hydrogen) atoms. The first-order valence-corrected chi connectivity index (χ1v) is 14.3. The Kier molecular flexibility index (Phi) is 7.48. The van der Waals surface area contributed by atoms with E-state index >= 15 is 0 Å². The predicted octanol–water partition coefficient (Wildman–Crippen LogP) is 7.06. The summed E-state index contributed by atoms with van der Waals surface area (Å²) in [4.78, 5) is 14.8. The Morgan fingerprint density at radius 1 is 0.974 bits per heavy atom.